The minimum Gasteiger partial charge on any atom is -0.356 e. The van der Waals surface area contributed by atoms with E-state index >= 15 is 0 Å². The van der Waals surface area contributed by atoms with Gasteiger partial charge in [0.05, 0.1) is 0 Å². The van der Waals surface area contributed by atoms with E-state index in [9.17, 15) is 4.79 Å². The molecule has 0 unspecified atom stereocenters. The Morgan fingerprint density at radius 1 is 1.75 bits per heavy atom. The molecule has 0 saturated carbocycles. The lowest BCUT2D eigenvalue weighted by Crippen LogP contribution is -2.19. The van der Waals surface area contributed by atoms with E-state index in [2.05, 4.69) is 5.32 Å². The van der Waals surface area contributed by atoms with Crippen LogP contribution >= 0.6 is 0 Å². The monoisotopic (exact) mass is 109 g/mol. The van der Waals surface area contributed by atoms with Crippen molar-refractivity contribution in [3.63, 3.8) is 0 Å². The van der Waals surface area contributed by atoms with E-state index in [0.29, 0.717) is 0 Å². The molecule has 0 aliphatic heterocycles. The Labute approximate surface area is 51.2 Å². The van der Waals surface area contributed by atoms with E-state index in [0.717, 1.165) is 5.47 Å². The SMILES string of the molecule is B/C=C(\B)C(=O)NC. The summed E-state index contributed by atoms with van der Waals surface area (Å²) in [6.07, 6.45) is 0. The van der Waals surface area contributed by atoms with E-state index in [1.165, 1.54) is 0 Å². The van der Waals surface area contributed by atoms with Crippen molar-refractivity contribution in [2.75, 3.05) is 7.05 Å². The third kappa shape index (κ3) is 1.87. The third-order valence-electron chi connectivity index (χ3n) is 1.02. The maximum absolute atomic E-state index is 10.6. The van der Waals surface area contributed by atoms with Gasteiger partial charge in [0.25, 0.3) is 0 Å². The summed E-state index contributed by atoms with van der Waals surface area (Å²) < 4.78 is 0. The molecule has 4 heteroatoms. The zero-order chi connectivity index (χ0) is 6.57. The average molecular weight is 109 g/mol. The van der Waals surface area contributed by atoms with Gasteiger partial charge in [-0.1, -0.05) is 0 Å². The number of hydrogen-bond acceptors (Lipinski definition) is 1. The Bertz CT molecular complexity index is 121. The zero-order valence-corrected chi connectivity index (χ0v) is 5.49. The number of carbonyl (C=O) groups excluding carboxylic acids is 1. The van der Waals surface area contributed by atoms with Gasteiger partial charge in [0.2, 0.25) is 5.91 Å². The number of carbonyl (C=O) groups is 1. The molecule has 1 N–H and O–H groups in total. The Hall–Kier alpha value is -0.660. The predicted molar refractivity (Wildman–Crippen MR) is 39.2 cm³/mol. The lowest BCUT2D eigenvalue weighted by Gasteiger charge is -1.94. The summed E-state index contributed by atoms with van der Waals surface area (Å²) in [4.78, 5) is 10.6. The van der Waals surface area contributed by atoms with Crippen LogP contribution in [0.5, 0.6) is 0 Å². The molecule has 0 aromatic heterocycles. The molecule has 1 amide bonds. The van der Waals surface area contributed by atoms with Crippen LogP contribution in [0.15, 0.2) is 11.4 Å². The van der Waals surface area contributed by atoms with Gasteiger partial charge in [0.15, 0.2) is 0 Å². The first kappa shape index (κ1) is 7.34. The van der Waals surface area contributed by atoms with Crippen molar-refractivity contribution in [3.8, 4) is 0 Å². The van der Waals surface area contributed by atoms with Gasteiger partial charge in [-0.05, 0) is 5.47 Å². The van der Waals surface area contributed by atoms with Crippen LogP contribution in [0.1, 0.15) is 0 Å². The van der Waals surface area contributed by atoms with Crippen LogP contribution in [-0.2, 0) is 4.79 Å². The first-order chi connectivity index (χ1) is 3.72. The van der Waals surface area contributed by atoms with Gasteiger partial charge in [-0.2, -0.15) is 0 Å². The second-order valence-electron chi connectivity index (χ2n) is 1.55. The molecule has 0 spiro atoms. The molecule has 0 radical (unpaired) electrons. The maximum atomic E-state index is 10.6. The van der Waals surface area contributed by atoms with E-state index < -0.39 is 0 Å². The summed E-state index contributed by atoms with van der Waals surface area (Å²) in [5, 5.41) is 2.51. The number of likely N-dealkylation sites (N-methyl/N-ethyl adjacent to an activating group) is 1. The van der Waals surface area contributed by atoms with E-state index in [1.54, 1.807) is 20.9 Å². The van der Waals surface area contributed by atoms with Crippen molar-refractivity contribution in [1.82, 2.24) is 5.32 Å². The van der Waals surface area contributed by atoms with Gasteiger partial charge >= 0.3 is 0 Å². The lowest BCUT2D eigenvalue weighted by atomic mass is 9.89. The van der Waals surface area contributed by atoms with Crippen LogP contribution in [0.3, 0.4) is 0 Å². The van der Waals surface area contributed by atoms with Crippen LogP contribution in [0.4, 0.5) is 0 Å². The van der Waals surface area contributed by atoms with Crippen molar-refractivity contribution in [3.05, 3.63) is 11.4 Å². The van der Waals surface area contributed by atoms with Crippen LogP contribution in [-0.4, -0.2) is 28.6 Å². The summed E-state index contributed by atoms with van der Waals surface area (Å²) in [5.74, 6) is 1.77. The summed E-state index contributed by atoms with van der Waals surface area (Å²) in [5.41, 5.74) is 0.757. The lowest BCUT2D eigenvalue weighted by molar-refractivity contribution is -0.116. The van der Waals surface area contributed by atoms with Crippen molar-refractivity contribution >= 4 is 21.6 Å². The Morgan fingerprint density at radius 3 is 2.38 bits per heavy atom. The van der Waals surface area contributed by atoms with Crippen molar-refractivity contribution in [2.45, 2.75) is 0 Å². The topological polar surface area (TPSA) is 29.1 Å². The van der Waals surface area contributed by atoms with Crippen molar-refractivity contribution < 1.29 is 4.79 Å². The van der Waals surface area contributed by atoms with Gasteiger partial charge < -0.3 is 5.32 Å². The summed E-state index contributed by atoms with van der Waals surface area (Å²) in [6, 6.07) is 0. The minimum atomic E-state index is -0.00694. The predicted octanol–water partition coefficient (Wildman–Crippen LogP) is -2.16. The fraction of sp³-hybridized carbons (Fsp3) is 0.250. The highest BCUT2D eigenvalue weighted by molar-refractivity contribution is 6.40. The highest BCUT2D eigenvalue weighted by Crippen LogP contribution is 1.80. The molecule has 2 nitrogen and oxygen atoms in total. The maximum Gasteiger partial charge on any atom is 0.236 e. The fourth-order valence-electron chi connectivity index (χ4n) is 0.328. The molecular weight excluding hydrogens is 99.7 g/mol. The molecule has 0 aromatic carbocycles. The van der Waals surface area contributed by atoms with Crippen molar-refractivity contribution in [2.24, 2.45) is 0 Å². The number of nitrogens with one attached hydrogen (secondary N) is 1. The molecule has 8 heavy (non-hydrogen) atoms. The Morgan fingerprint density at radius 2 is 2.25 bits per heavy atom. The van der Waals surface area contributed by atoms with Gasteiger partial charge in [-0.25, -0.2) is 0 Å². The quantitative estimate of drug-likeness (QED) is 0.301. The van der Waals surface area contributed by atoms with Crippen LogP contribution in [0.2, 0.25) is 0 Å². The molecule has 0 aliphatic carbocycles. The highest BCUT2D eigenvalue weighted by Gasteiger charge is 1.94. The summed E-state index contributed by atoms with van der Waals surface area (Å²) in [6.45, 7) is 0. The van der Waals surface area contributed by atoms with Gasteiger partial charge in [0, 0.05) is 7.05 Å². The molecule has 0 aliphatic rings. The van der Waals surface area contributed by atoms with E-state index in [-0.39, 0.29) is 5.91 Å². The Balaban J connectivity index is 3.83. The second kappa shape index (κ2) is 3.36. The molecule has 0 aromatic rings. The molecule has 0 heterocycles. The molecule has 0 fully saturated rings. The number of rotatable bonds is 1. The van der Waals surface area contributed by atoms with Gasteiger partial charge in [0.1, 0.15) is 15.7 Å². The summed E-state index contributed by atoms with van der Waals surface area (Å²) >= 11 is 0. The smallest absolute Gasteiger partial charge is 0.236 e. The third-order valence-corrected chi connectivity index (χ3v) is 1.02. The van der Waals surface area contributed by atoms with E-state index in [4.69, 9.17) is 0 Å². The highest BCUT2D eigenvalue weighted by atomic mass is 16.1. The normalized spacial score (nSPS) is 10.9. The molecule has 42 valence electrons. The molecular formula is C4H9B2NO. The van der Waals surface area contributed by atoms with Crippen LogP contribution < -0.4 is 5.32 Å². The van der Waals surface area contributed by atoms with Crippen LogP contribution in [0.25, 0.3) is 0 Å². The second-order valence-corrected chi connectivity index (χ2v) is 1.55. The van der Waals surface area contributed by atoms with Gasteiger partial charge in [-0.3, -0.25) is 4.79 Å². The molecule has 0 rings (SSSR count). The van der Waals surface area contributed by atoms with Gasteiger partial charge in [-0.15, -0.1) is 5.98 Å². The molecule has 0 saturated heterocycles. The zero-order valence-electron chi connectivity index (χ0n) is 5.49. The standard InChI is InChI=1S/C4H9B2NO/c1-7-4(8)3(6)2-5/h2H,5-6H2,1H3,(H,7,8)/b3-2-. The largest absolute Gasteiger partial charge is 0.356 e. The first-order valence-electron chi connectivity index (χ1n) is 2.57. The summed E-state index contributed by atoms with van der Waals surface area (Å²) in [7, 11) is 5.23. The number of hydrogen-bond donors (Lipinski definition) is 1. The number of amides is 1. The van der Waals surface area contributed by atoms with E-state index in [1.807, 2.05) is 7.85 Å². The molecule has 0 bridgehead atoms. The Kier molecular flexibility index (Phi) is 3.08. The fourth-order valence-corrected chi connectivity index (χ4v) is 0.328. The van der Waals surface area contributed by atoms with Crippen molar-refractivity contribution in [1.29, 1.82) is 0 Å². The molecule has 0 atom stereocenters. The van der Waals surface area contributed by atoms with Crippen LogP contribution in [0, 0.1) is 0 Å². The first-order valence-corrected chi connectivity index (χ1v) is 2.57. The average Bonchev–Trinajstić information content (AvgIpc) is 1.84. The minimum absolute atomic E-state index is 0.00694.